The lowest BCUT2D eigenvalue weighted by Gasteiger charge is -2.40. The van der Waals surface area contributed by atoms with Gasteiger partial charge in [-0.1, -0.05) is 40.8 Å². The molecule has 0 saturated carbocycles. The van der Waals surface area contributed by atoms with E-state index in [0.717, 1.165) is 6.07 Å². The third-order valence-corrected chi connectivity index (χ3v) is 8.78. The zero-order valence-corrected chi connectivity index (χ0v) is 23.4. The Kier molecular flexibility index (Phi) is 7.49. The van der Waals surface area contributed by atoms with E-state index in [0.29, 0.717) is 59.2 Å². The first-order valence-electron chi connectivity index (χ1n) is 11.4. The summed E-state index contributed by atoms with van der Waals surface area (Å²) >= 11 is 10.4. The lowest BCUT2D eigenvalue weighted by molar-refractivity contribution is -0.134. The Balaban J connectivity index is 1.64. The van der Waals surface area contributed by atoms with Crippen LogP contribution in [0.15, 0.2) is 46.6 Å². The van der Waals surface area contributed by atoms with E-state index in [4.69, 9.17) is 16.3 Å². The summed E-state index contributed by atoms with van der Waals surface area (Å²) in [6.07, 6.45) is 1.28. The van der Waals surface area contributed by atoms with E-state index in [1.165, 1.54) is 30.0 Å². The van der Waals surface area contributed by atoms with Crippen molar-refractivity contribution in [2.45, 2.75) is 21.5 Å². The molecule has 3 aromatic rings. The molecule has 0 N–H and O–H groups in total. The summed E-state index contributed by atoms with van der Waals surface area (Å²) in [5.41, 5.74) is 0.747. The van der Waals surface area contributed by atoms with Crippen LogP contribution in [0.1, 0.15) is 0 Å². The molecular formula is C25H22ClF2IN4O3S. The van der Waals surface area contributed by atoms with Crippen molar-refractivity contribution in [1.82, 2.24) is 14.5 Å². The van der Waals surface area contributed by atoms with Crippen molar-refractivity contribution in [3.8, 4) is 11.1 Å². The molecule has 2 aliphatic rings. The fourth-order valence-corrected chi connectivity index (χ4v) is 7.38. The number of likely N-dealkylation sites (N-methyl/N-ethyl adjacent to an activating group) is 1. The minimum atomic E-state index is -0.735. The van der Waals surface area contributed by atoms with E-state index < -0.39 is 17.3 Å². The predicted molar refractivity (Wildman–Crippen MR) is 150 cm³/mol. The molecular weight excluding hydrogens is 637 g/mol. The zero-order valence-electron chi connectivity index (χ0n) is 19.7. The number of rotatable bonds is 5. The molecule has 1 fully saturated rings. The third kappa shape index (κ3) is 4.75. The van der Waals surface area contributed by atoms with E-state index in [1.807, 2.05) is 4.90 Å². The number of hydrogen-bond acceptors (Lipinski definition) is 6. The maximum Gasteiger partial charge on any atom is 0.350 e. The van der Waals surface area contributed by atoms with Gasteiger partial charge >= 0.3 is 5.69 Å². The van der Waals surface area contributed by atoms with Crippen molar-refractivity contribution in [2.24, 2.45) is 0 Å². The molecule has 1 amide bonds. The summed E-state index contributed by atoms with van der Waals surface area (Å²) in [4.78, 5) is 34.2. The van der Waals surface area contributed by atoms with Gasteiger partial charge in [0, 0.05) is 53.4 Å². The molecule has 37 heavy (non-hydrogen) atoms. The number of ether oxygens (including phenoxy) is 1. The lowest BCUT2D eigenvalue weighted by Crippen LogP contribution is -2.56. The monoisotopic (exact) mass is 658 g/mol. The van der Waals surface area contributed by atoms with Crippen molar-refractivity contribution in [3.05, 3.63) is 64.1 Å². The molecule has 2 unspecified atom stereocenters. The van der Waals surface area contributed by atoms with E-state index in [-0.39, 0.29) is 26.6 Å². The van der Waals surface area contributed by atoms with Crippen LogP contribution in [0.3, 0.4) is 0 Å². The molecule has 0 radical (unpaired) electrons. The van der Waals surface area contributed by atoms with Gasteiger partial charge < -0.3 is 14.5 Å². The van der Waals surface area contributed by atoms with Crippen LogP contribution in [-0.4, -0.2) is 63.0 Å². The molecule has 3 heterocycles. The van der Waals surface area contributed by atoms with E-state index in [1.54, 1.807) is 22.6 Å². The Morgan fingerprint density at radius 1 is 1.38 bits per heavy atom. The van der Waals surface area contributed by atoms with Crippen molar-refractivity contribution in [3.63, 3.8) is 0 Å². The zero-order chi connectivity index (χ0) is 26.4. The third-order valence-electron chi connectivity index (χ3n) is 6.45. The Hall–Kier alpha value is -2.22. The standard InChI is InChI=1S/C25H22ClF2IN4O3S/c1-3-20(34)33-14(11-36-12-19(33)29)10-31(2)24-16-9-17(26)21(15-5-4-13(27)8-18(15)28)23-22(16)32(6-7-37-23)25(35)30-24/h3-5,8-9,14,19H,1,6-7,10-12H2,2H3. The van der Waals surface area contributed by atoms with Gasteiger partial charge in [-0.15, -0.1) is 11.8 Å². The highest BCUT2D eigenvalue weighted by molar-refractivity contribution is 14.1. The number of nitrogens with zero attached hydrogens (tertiary/aromatic N) is 4. The SMILES string of the molecule is C=CC(=O)N1C(I)COCC1CN(C)c1nc(=O)n2c3c(c(-c4ccc(F)cc4F)c(Cl)cc13)SCC2. The Labute approximate surface area is 234 Å². The van der Waals surface area contributed by atoms with Crippen LogP contribution in [0.4, 0.5) is 14.6 Å². The number of benzene rings is 2. The Morgan fingerprint density at radius 2 is 2.16 bits per heavy atom. The lowest BCUT2D eigenvalue weighted by atomic mass is 10.0. The number of aryl methyl sites for hydroxylation is 1. The van der Waals surface area contributed by atoms with Crippen LogP contribution in [0.25, 0.3) is 22.0 Å². The summed E-state index contributed by atoms with van der Waals surface area (Å²) in [5, 5.41) is 0.894. The van der Waals surface area contributed by atoms with Gasteiger partial charge in [0.15, 0.2) is 0 Å². The second-order valence-corrected chi connectivity index (χ2v) is 11.7. The summed E-state index contributed by atoms with van der Waals surface area (Å²) in [7, 11) is 1.79. The smallest absolute Gasteiger partial charge is 0.350 e. The minimum absolute atomic E-state index is 0.162. The van der Waals surface area contributed by atoms with Gasteiger partial charge in [0.1, 0.15) is 21.5 Å². The fourth-order valence-electron chi connectivity index (χ4n) is 4.84. The summed E-state index contributed by atoms with van der Waals surface area (Å²) in [6, 6.07) is 4.73. The van der Waals surface area contributed by atoms with Crippen LogP contribution in [-0.2, 0) is 16.1 Å². The highest BCUT2D eigenvalue weighted by atomic mass is 127. The fraction of sp³-hybridized carbons (Fsp3) is 0.320. The number of carbonyl (C=O) groups is 1. The number of thioether (sulfide) groups is 1. The summed E-state index contributed by atoms with van der Waals surface area (Å²) in [6.45, 7) is 5.14. The number of hydrogen-bond donors (Lipinski definition) is 0. The first-order valence-corrected chi connectivity index (χ1v) is 14.0. The molecule has 1 saturated heterocycles. The predicted octanol–water partition coefficient (Wildman–Crippen LogP) is 4.71. The normalized spacial score (nSPS) is 19.2. The molecule has 0 spiro atoms. The first-order chi connectivity index (χ1) is 17.7. The molecule has 7 nitrogen and oxygen atoms in total. The van der Waals surface area contributed by atoms with Crippen LogP contribution < -0.4 is 10.6 Å². The molecule has 5 rings (SSSR count). The van der Waals surface area contributed by atoms with Gasteiger partial charge in [-0.25, -0.2) is 13.6 Å². The molecule has 0 aliphatic carbocycles. The minimum Gasteiger partial charge on any atom is -0.376 e. The summed E-state index contributed by atoms with van der Waals surface area (Å²) in [5.74, 6) is -0.647. The van der Waals surface area contributed by atoms with Crippen LogP contribution in [0.2, 0.25) is 5.02 Å². The molecule has 194 valence electrons. The molecule has 0 bridgehead atoms. The van der Waals surface area contributed by atoms with E-state index >= 15 is 0 Å². The average Bonchev–Trinajstić information content (AvgIpc) is 2.86. The molecule has 12 heteroatoms. The number of aromatic nitrogens is 2. The van der Waals surface area contributed by atoms with Gasteiger partial charge in [-0.05, 0) is 24.3 Å². The maximum absolute atomic E-state index is 14.8. The first kappa shape index (κ1) is 26.4. The van der Waals surface area contributed by atoms with Gasteiger partial charge in [-0.3, -0.25) is 9.36 Å². The van der Waals surface area contributed by atoms with Gasteiger partial charge in [0.25, 0.3) is 0 Å². The highest BCUT2D eigenvalue weighted by Crippen LogP contribution is 2.46. The van der Waals surface area contributed by atoms with Crippen LogP contribution in [0.5, 0.6) is 0 Å². The second-order valence-electron chi connectivity index (χ2n) is 8.76. The maximum atomic E-state index is 14.8. The molecule has 1 aromatic heterocycles. The number of amides is 1. The largest absolute Gasteiger partial charge is 0.376 e. The highest BCUT2D eigenvalue weighted by Gasteiger charge is 2.34. The number of halogens is 4. The van der Waals surface area contributed by atoms with Crippen LogP contribution >= 0.6 is 46.0 Å². The molecule has 2 atom stereocenters. The number of alkyl halides is 1. The van der Waals surface area contributed by atoms with Crippen molar-refractivity contribution in [1.29, 1.82) is 0 Å². The molecule has 2 aromatic carbocycles. The second kappa shape index (κ2) is 10.5. The topological polar surface area (TPSA) is 67.7 Å². The van der Waals surface area contributed by atoms with Crippen LogP contribution in [0, 0.1) is 11.6 Å². The van der Waals surface area contributed by atoms with Gasteiger partial charge in [0.05, 0.1) is 29.8 Å². The number of anilines is 1. The van der Waals surface area contributed by atoms with E-state index in [9.17, 15) is 18.4 Å². The van der Waals surface area contributed by atoms with Crippen molar-refractivity contribution < 1.29 is 18.3 Å². The van der Waals surface area contributed by atoms with Gasteiger partial charge in [0.2, 0.25) is 5.91 Å². The van der Waals surface area contributed by atoms with Gasteiger partial charge in [-0.2, -0.15) is 4.98 Å². The Bertz CT molecular complexity index is 1490. The molecule has 2 aliphatic heterocycles. The van der Waals surface area contributed by atoms with Crippen molar-refractivity contribution >= 4 is 68.6 Å². The van der Waals surface area contributed by atoms with E-state index in [2.05, 4.69) is 34.2 Å². The quantitative estimate of drug-likeness (QED) is 0.171. The average molecular weight is 659 g/mol. The number of carbonyl (C=O) groups excluding carboxylic acids is 1. The summed E-state index contributed by atoms with van der Waals surface area (Å²) < 4.78 is 35.5. The Morgan fingerprint density at radius 3 is 2.89 bits per heavy atom. The van der Waals surface area contributed by atoms with Crippen molar-refractivity contribution in [2.75, 3.05) is 37.5 Å². The number of morpholine rings is 1.